The van der Waals surface area contributed by atoms with Crippen molar-refractivity contribution in [3.8, 4) is 11.5 Å². The van der Waals surface area contributed by atoms with E-state index in [0.717, 1.165) is 0 Å². The molecule has 1 saturated heterocycles. The molecule has 3 N–H and O–H groups in total. The Hall–Kier alpha value is -3.17. The van der Waals surface area contributed by atoms with Gasteiger partial charge in [-0.05, 0) is 31.2 Å². The number of nitrogens with one attached hydrogen (secondary N) is 2. The van der Waals surface area contributed by atoms with Crippen molar-refractivity contribution in [3.63, 3.8) is 0 Å². The number of aromatic nitrogens is 2. The van der Waals surface area contributed by atoms with Crippen LogP contribution in [0.5, 0.6) is 11.5 Å². The summed E-state index contributed by atoms with van der Waals surface area (Å²) in [5, 5.41) is 15.8. The van der Waals surface area contributed by atoms with Gasteiger partial charge in [-0.3, -0.25) is 4.79 Å². The average molecular weight is 447 g/mol. The number of benzene rings is 2. The fraction of sp³-hybridized carbons (Fsp3) is 0.286. The number of halogens is 2. The zero-order valence-electron chi connectivity index (χ0n) is 16.6. The number of fused-ring (bicyclic) bond motifs is 1. The predicted molar refractivity (Wildman–Crippen MR) is 114 cm³/mol. The molecule has 4 rings (SSSR count). The number of carboxylic acids is 1. The maximum Gasteiger partial charge on any atom is 0.320 e. The highest BCUT2D eigenvalue weighted by Gasteiger charge is 2.28. The SMILES string of the molecule is COc1cc2ncnc(Nc3cccc(Cl)c3F)c2cc1O[C@@H]1CCN[C@H](C(=O)O)C1. The van der Waals surface area contributed by atoms with Gasteiger partial charge in [0.05, 0.1) is 23.3 Å². The van der Waals surface area contributed by atoms with Crippen LogP contribution in [0.25, 0.3) is 10.9 Å². The summed E-state index contributed by atoms with van der Waals surface area (Å²) in [6.07, 6.45) is 2.02. The first-order chi connectivity index (χ1) is 15.0. The summed E-state index contributed by atoms with van der Waals surface area (Å²) in [5.74, 6) is -0.253. The van der Waals surface area contributed by atoms with Crippen LogP contribution >= 0.6 is 11.6 Å². The van der Waals surface area contributed by atoms with Crippen LogP contribution in [0.4, 0.5) is 15.9 Å². The molecule has 2 aromatic carbocycles. The van der Waals surface area contributed by atoms with E-state index in [0.29, 0.717) is 47.6 Å². The molecule has 0 spiro atoms. The summed E-state index contributed by atoms with van der Waals surface area (Å²) >= 11 is 5.87. The number of carbonyl (C=O) groups is 1. The Morgan fingerprint density at radius 2 is 2.16 bits per heavy atom. The Kier molecular flexibility index (Phi) is 6.06. The zero-order chi connectivity index (χ0) is 22.0. The lowest BCUT2D eigenvalue weighted by molar-refractivity contribution is -0.140. The summed E-state index contributed by atoms with van der Waals surface area (Å²) in [6, 6.07) is 7.37. The molecule has 1 fully saturated rings. The van der Waals surface area contributed by atoms with Crippen molar-refractivity contribution >= 4 is 40.0 Å². The first-order valence-corrected chi connectivity index (χ1v) is 10.0. The predicted octanol–water partition coefficient (Wildman–Crippen LogP) is 3.76. The van der Waals surface area contributed by atoms with Crippen LogP contribution in [0.15, 0.2) is 36.7 Å². The Labute approximate surface area is 182 Å². The van der Waals surface area contributed by atoms with Crippen LogP contribution < -0.4 is 20.1 Å². The Morgan fingerprint density at radius 1 is 1.32 bits per heavy atom. The molecule has 162 valence electrons. The topological polar surface area (TPSA) is 106 Å². The molecule has 0 bridgehead atoms. The molecule has 3 aromatic rings. The van der Waals surface area contributed by atoms with Crippen LogP contribution in [0, 0.1) is 5.82 Å². The van der Waals surface area contributed by atoms with Gasteiger partial charge in [0.1, 0.15) is 24.3 Å². The molecule has 8 nitrogen and oxygen atoms in total. The van der Waals surface area contributed by atoms with Gasteiger partial charge in [-0.15, -0.1) is 0 Å². The fourth-order valence-corrected chi connectivity index (χ4v) is 3.68. The highest BCUT2D eigenvalue weighted by molar-refractivity contribution is 6.31. The minimum atomic E-state index is -0.915. The van der Waals surface area contributed by atoms with Gasteiger partial charge in [-0.2, -0.15) is 0 Å². The molecule has 0 radical (unpaired) electrons. The molecule has 2 atom stereocenters. The van der Waals surface area contributed by atoms with Gasteiger partial charge < -0.3 is 25.2 Å². The largest absolute Gasteiger partial charge is 0.493 e. The summed E-state index contributed by atoms with van der Waals surface area (Å²) < 4.78 is 25.9. The number of methoxy groups -OCH3 is 1. The number of anilines is 2. The number of nitrogens with zero attached hydrogens (tertiary/aromatic N) is 2. The van der Waals surface area contributed by atoms with Gasteiger partial charge in [0.25, 0.3) is 0 Å². The zero-order valence-corrected chi connectivity index (χ0v) is 17.3. The lowest BCUT2D eigenvalue weighted by Crippen LogP contribution is -2.46. The van der Waals surface area contributed by atoms with E-state index in [2.05, 4.69) is 20.6 Å². The first kappa shape index (κ1) is 21.1. The van der Waals surface area contributed by atoms with E-state index in [1.165, 1.54) is 19.5 Å². The van der Waals surface area contributed by atoms with Gasteiger partial charge in [-0.25, -0.2) is 14.4 Å². The number of rotatable bonds is 6. The normalized spacial score (nSPS) is 18.5. The van der Waals surface area contributed by atoms with Crippen molar-refractivity contribution in [1.29, 1.82) is 0 Å². The third-order valence-electron chi connectivity index (χ3n) is 5.07. The maximum absolute atomic E-state index is 14.4. The van der Waals surface area contributed by atoms with Gasteiger partial charge >= 0.3 is 5.97 Å². The molecule has 0 amide bonds. The van der Waals surface area contributed by atoms with Crippen LogP contribution in [0.1, 0.15) is 12.8 Å². The van der Waals surface area contributed by atoms with Crippen LogP contribution in [-0.2, 0) is 4.79 Å². The number of carboxylic acid groups (broad SMARTS) is 1. The van der Waals surface area contributed by atoms with Gasteiger partial charge in [0.2, 0.25) is 0 Å². The van der Waals surface area contributed by atoms with E-state index in [-0.39, 0.29) is 16.8 Å². The molecule has 1 aliphatic rings. The number of aliphatic carboxylic acids is 1. The summed E-state index contributed by atoms with van der Waals surface area (Å²) in [4.78, 5) is 19.8. The van der Waals surface area contributed by atoms with Crippen LogP contribution in [0.2, 0.25) is 5.02 Å². The molecular formula is C21H20ClFN4O4. The lowest BCUT2D eigenvalue weighted by Gasteiger charge is -2.29. The fourth-order valence-electron chi connectivity index (χ4n) is 3.50. The third-order valence-corrected chi connectivity index (χ3v) is 5.36. The van der Waals surface area contributed by atoms with E-state index in [1.807, 2.05) is 0 Å². The number of hydrogen-bond donors (Lipinski definition) is 3. The minimum Gasteiger partial charge on any atom is -0.493 e. The molecule has 1 aromatic heterocycles. The minimum absolute atomic E-state index is 0.00653. The van der Waals surface area contributed by atoms with E-state index in [9.17, 15) is 14.3 Å². The molecule has 10 heteroatoms. The van der Waals surface area contributed by atoms with Crippen molar-refractivity contribution in [3.05, 3.63) is 47.5 Å². The van der Waals surface area contributed by atoms with Crippen molar-refractivity contribution < 1.29 is 23.8 Å². The van der Waals surface area contributed by atoms with Crippen molar-refractivity contribution in [1.82, 2.24) is 15.3 Å². The molecule has 0 saturated carbocycles. The smallest absolute Gasteiger partial charge is 0.320 e. The average Bonchev–Trinajstić information content (AvgIpc) is 2.77. The number of ether oxygens (including phenoxy) is 2. The quantitative estimate of drug-likeness (QED) is 0.525. The van der Waals surface area contributed by atoms with Gasteiger partial charge in [-0.1, -0.05) is 17.7 Å². The second-order valence-electron chi connectivity index (χ2n) is 7.08. The van der Waals surface area contributed by atoms with Gasteiger partial charge in [0.15, 0.2) is 17.3 Å². The monoisotopic (exact) mass is 446 g/mol. The molecule has 0 aliphatic carbocycles. The van der Waals surface area contributed by atoms with E-state index in [4.69, 9.17) is 21.1 Å². The van der Waals surface area contributed by atoms with Crippen LogP contribution in [0.3, 0.4) is 0 Å². The molecule has 0 unspecified atom stereocenters. The standard InChI is InChI=1S/C21H20ClFN4O4/c1-30-17-9-15-12(8-18(17)31-11-5-6-24-16(7-11)21(28)29)20(26-10-25-15)27-14-4-2-3-13(22)19(14)23/h2-4,8-11,16,24H,5-7H2,1H3,(H,28,29)(H,25,26,27)/t11-,16+/m1/s1. The summed E-state index contributed by atoms with van der Waals surface area (Å²) in [7, 11) is 1.51. The molecular weight excluding hydrogens is 427 g/mol. The number of piperidine rings is 1. The second kappa shape index (κ2) is 8.91. The maximum atomic E-state index is 14.4. The van der Waals surface area contributed by atoms with Crippen molar-refractivity contribution in [2.75, 3.05) is 19.0 Å². The van der Waals surface area contributed by atoms with Crippen molar-refractivity contribution in [2.24, 2.45) is 0 Å². The van der Waals surface area contributed by atoms with Crippen LogP contribution in [-0.4, -0.2) is 46.8 Å². The molecule has 31 heavy (non-hydrogen) atoms. The summed E-state index contributed by atoms with van der Waals surface area (Å²) in [5.41, 5.74) is 0.742. The number of hydrogen-bond acceptors (Lipinski definition) is 7. The lowest BCUT2D eigenvalue weighted by atomic mass is 10.0. The first-order valence-electron chi connectivity index (χ1n) is 9.63. The van der Waals surface area contributed by atoms with Crippen molar-refractivity contribution in [2.45, 2.75) is 25.0 Å². The Morgan fingerprint density at radius 3 is 2.94 bits per heavy atom. The molecule has 1 aliphatic heterocycles. The second-order valence-corrected chi connectivity index (χ2v) is 7.49. The third kappa shape index (κ3) is 4.47. The van der Waals surface area contributed by atoms with E-state index < -0.39 is 17.8 Å². The van der Waals surface area contributed by atoms with Gasteiger partial charge in [0, 0.05) is 17.9 Å². The highest BCUT2D eigenvalue weighted by atomic mass is 35.5. The Balaban J connectivity index is 1.68. The van der Waals surface area contributed by atoms with E-state index >= 15 is 0 Å². The highest BCUT2D eigenvalue weighted by Crippen LogP contribution is 2.36. The van der Waals surface area contributed by atoms with E-state index in [1.54, 1.807) is 24.3 Å². The Bertz CT molecular complexity index is 1130. The summed E-state index contributed by atoms with van der Waals surface area (Å²) in [6.45, 7) is 0.529. The molecule has 2 heterocycles.